The number of hydrogen-bond donors (Lipinski definition) is 3. The molecule has 0 aromatic carbocycles. The SMILES string of the molecule is CC/C=C/C/C=C/C/C=C/C/C=C/CCCC(CC(=O)NC(CO)C(O)CCCCCCCCCCCCCCC)OC(=O)CCCCCCCCCCCCCCC. The van der Waals surface area contributed by atoms with Crippen LogP contribution in [0, 0.1) is 0 Å². The van der Waals surface area contributed by atoms with E-state index in [0.29, 0.717) is 19.3 Å². The average molecular weight is 828 g/mol. The Kier molecular flexibility index (Phi) is 45.1. The molecule has 0 aromatic heterocycles. The number of rotatable bonds is 45. The van der Waals surface area contributed by atoms with Crippen molar-refractivity contribution in [2.75, 3.05) is 6.61 Å². The van der Waals surface area contributed by atoms with Gasteiger partial charge in [0.15, 0.2) is 0 Å². The van der Waals surface area contributed by atoms with Crippen LogP contribution in [0.3, 0.4) is 0 Å². The van der Waals surface area contributed by atoms with E-state index in [2.05, 4.69) is 74.7 Å². The number of unbranched alkanes of at least 4 members (excludes halogenated alkanes) is 25. The van der Waals surface area contributed by atoms with Gasteiger partial charge in [0.2, 0.25) is 5.91 Å². The monoisotopic (exact) mass is 828 g/mol. The highest BCUT2D eigenvalue weighted by atomic mass is 16.5. The van der Waals surface area contributed by atoms with Crippen LogP contribution >= 0.6 is 0 Å². The molecule has 0 heterocycles. The fourth-order valence-electron chi connectivity index (χ4n) is 7.60. The van der Waals surface area contributed by atoms with Crippen molar-refractivity contribution >= 4 is 11.9 Å². The van der Waals surface area contributed by atoms with Crippen LogP contribution in [0.1, 0.15) is 252 Å². The number of carbonyl (C=O) groups is 2. The molecule has 0 aromatic rings. The lowest BCUT2D eigenvalue weighted by Gasteiger charge is -2.24. The number of aliphatic hydroxyl groups excluding tert-OH is 2. The van der Waals surface area contributed by atoms with Gasteiger partial charge in [-0.1, -0.05) is 230 Å². The number of carbonyl (C=O) groups excluding carboxylic acids is 2. The van der Waals surface area contributed by atoms with E-state index in [1.54, 1.807) is 0 Å². The van der Waals surface area contributed by atoms with Crippen LogP contribution in [0.4, 0.5) is 0 Å². The maximum Gasteiger partial charge on any atom is 0.306 e. The van der Waals surface area contributed by atoms with Crippen LogP contribution < -0.4 is 5.32 Å². The Balaban J connectivity index is 4.65. The van der Waals surface area contributed by atoms with Crippen molar-refractivity contribution in [3.63, 3.8) is 0 Å². The second-order valence-electron chi connectivity index (χ2n) is 17.2. The fourth-order valence-corrected chi connectivity index (χ4v) is 7.60. The molecular weight excluding hydrogens is 731 g/mol. The smallest absolute Gasteiger partial charge is 0.306 e. The molecule has 0 bridgehead atoms. The van der Waals surface area contributed by atoms with Gasteiger partial charge in [-0.3, -0.25) is 9.59 Å². The molecule has 6 heteroatoms. The van der Waals surface area contributed by atoms with Gasteiger partial charge in [-0.2, -0.15) is 0 Å². The second-order valence-corrected chi connectivity index (χ2v) is 17.2. The van der Waals surface area contributed by atoms with E-state index < -0.39 is 18.2 Å². The minimum Gasteiger partial charge on any atom is -0.462 e. The van der Waals surface area contributed by atoms with Crippen LogP contribution in [0.2, 0.25) is 0 Å². The van der Waals surface area contributed by atoms with E-state index in [1.165, 1.54) is 128 Å². The van der Waals surface area contributed by atoms with E-state index in [-0.39, 0.29) is 24.9 Å². The summed E-state index contributed by atoms with van der Waals surface area (Å²) in [6.07, 6.45) is 56.0. The largest absolute Gasteiger partial charge is 0.462 e. The highest BCUT2D eigenvalue weighted by Gasteiger charge is 2.24. The Hall–Kier alpha value is -2.18. The Morgan fingerprint density at radius 1 is 0.508 bits per heavy atom. The first-order valence-electron chi connectivity index (χ1n) is 25.4. The molecule has 3 unspecified atom stereocenters. The Morgan fingerprint density at radius 3 is 1.36 bits per heavy atom. The third kappa shape index (κ3) is 42.3. The van der Waals surface area contributed by atoms with Crippen molar-refractivity contribution in [2.24, 2.45) is 0 Å². The van der Waals surface area contributed by atoms with Crippen molar-refractivity contribution in [2.45, 2.75) is 270 Å². The predicted octanol–water partition coefficient (Wildman–Crippen LogP) is 15.1. The molecule has 3 atom stereocenters. The summed E-state index contributed by atoms with van der Waals surface area (Å²) in [7, 11) is 0. The lowest BCUT2D eigenvalue weighted by atomic mass is 10.0. The summed E-state index contributed by atoms with van der Waals surface area (Å²) in [5.41, 5.74) is 0. The number of allylic oxidation sites excluding steroid dienone is 8. The van der Waals surface area contributed by atoms with Crippen LogP contribution in [-0.2, 0) is 14.3 Å². The third-order valence-electron chi connectivity index (χ3n) is 11.4. The molecule has 0 aliphatic heterocycles. The van der Waals surface area contributed by atoms with Gasteiger partial charge in [-0.25, -0.2) is 0 Å². The topological polar surface area (TPSA) is 95.9 Å². The minimum absolute atomic E-state index is 0.0422. The van der Waals surface area contributed by atoms with Gasteiger partial charge >= 0.3 is 5.97 Å². The molecule has 3 N–H and O–H groups in total. The first kappa shape index (κ1) is 56.8. The molecule has 0 saturated heterocycles. The van der Waals surface area contributed by atoms with E-state index in [9.17, 15) is 19.8 Å². The first-order chi connectivity index (χ1) is 29.0. The summed E-state index contributed by atoms with van der Waals surface area (Å²) >= 11 is 0. The average Bonchev–Trinajstić information content (AvgIpc) is 3.23. The van der Waals surface area contributed by atoms with Crippen molar-refractivity contribution in [1.82, 2.24) is 5.32 Å². The molecular formula is C53H97NO5. The summed E-state index contributed by atoms with van der Waals surface area (Å²) in [6, 6.07) is -0.716. The zero-order valence-corrected chi connectivity index (χ0v) is 39.1. The zero-order chi connectivity index (χ0) is 43.1. The fraction of sp³-hybridized carbons (Fsp3) is 0.811. The molecule has 59 heavy (non-hydrogen) atoms. The molecule has 0 aliphatic rings. The Bertz CT molecular complexity index is 1020. The molecule has 0 aliphatic carbocycles. The third-order valence-corrected chi connectivity index (χ3v) is 11.4. The molecule has 1 amide bonds. The highest BCUT2D eigenvalue weighted by Crippen LogP contribution is 2.17. The quantitative estimate of drug-likeness (QED) is 0.0323. The summed E-state index contributed by atoms with van der Waals surface area (Å²) in [4.78, 5) is 26.1. The molecule has 0 spiro atoms. The second kappa shape index (κ2) is 46.9. The maximum atomic E-state index is 13.2. The van der Waals surface area contributed by atoms with Gasteiger partial charge in [-0.05, 0) is 57.8 Å². The summed E-state index contributed by atoms with van der Waals surface area (Å²) in [5.74, 6) is -0.522. The number of hydrogen-bond acceptors (Lipinski definition) is 5. The standard InChI is InChI=1S/C53H97NO5/c1-4-7-10-13-16-19-22-25-28-29-32-35-38-41-44-49(59-53(58)46-43-40-37-34-31-27-24-21-18-15-12-9-6-3)47-52(57)54-50(48-55)51(56)45-42-39-36-33-30-26-23-20-17-14-11-8-5-2/h7,10,16,19,25,28,32,35,49-51,55-56H,4-6,8-9,11-15,17-18,20-24,26-27,29-31,33-34,36-48H2,1-3H3,(H,54,57)/b10-7+,19-16+,28-25+,35-32+. The molecule has 6 nitrogen and oxygen atoms in total. The maximum absolute atomic E-state index is 13.2. The van der Waals surface area contributed by atoms with Crippen molar-refractivity contribution in [3.05, 3.63) is 48.6 Å². The van der Waals surface area contributed by atoms with Gasteiger partial charge in [0.05, 0.1) is 25.2 Å². The molecule has 0 fully saturated rings. The number of amides is 1. The van der Waals surface area contributed by atoms with Gasteiger partial charge < -0.3 is 20.3 Å². The van der Waals surface area contributed by atoms with E-state index in [0.717, 1.165) is 77.0 Å². The number of nitrogens with one attached hydrogen (secondary N) is 1. The first-order valence-corrected chi connectivity index (χ1v) is 25.4. The summed E-state index contributed by atoms with van der Waals surface area (Å²) in [6.45, 7) is 6.36. The molecule has 0 radical (unpaired) electrons. The van der Waals surface area contributed by atoms with Crippen molar-refractivity contribution < 1.29 is 24.5 Å². The lowest BCUT2D eigenvalue weighted by molar-refractivity contribution is -0.151. The van der Waals surface area contributed by atoms with Crippen molar-refractivity contribution in [1.29, 1.82) is 0 Å². The van der Waals surface area contributed by atoms with E-state index >= 15 is 0 Å². The zero-order valence-electron chi connectivity index (χ0n) is 39.1. The van der Waals surface area contributed by atoms with Crippen LogP contribution in [0.5, 0.6) is 0 Å². The van der Waals surface area contributed by atoms with Gasteiger partial charge in [0, 0.05) is 6.42 Å². The Morgan fingerprint density at radius 2 is 0.915 bits per heavy atom. The van der Waals surface area contributed by atoms with Crippen LogP contribution in [0.15, 0.2) is 48.6 Å². The van der Waals surface area contributed by atoms with E-state index in [4.69, 9.17) is 4.74 Å². The Labute approximate surface area is 366 Å². The normalized spacial score (nSPS) is 13.6. The number of esters is 1. The van der Waals surface area contributed by atoms with Crippen LogP contribution in [0.25, 0.3) is 0 Å². The predicted molar refractivity (Wildman–Crippen MR) is 255 cm³/mol. The highest BCUT2D eigenvalue weighted by molar-refractivity contribution is 5.77. The van der Waals surface area contributed by atoms with Crippen LogP contribution in [-0.4, -0.2) is 46.9 Å². The van der Waals surface area contributed by atoms with Gasteiger partial charge in [0.25, 0.3) is 0 Å². The molecule has 344 valence electrons. The minimum atomic E-state index is -0.800. The number of ether oxygens (including phenoxy) is 1. The van der Waals surface area contributed by atoms with E-state index in [1.807, 2.05) is 0 Å². The van der Waals surface area contributed by atoms with Gasteiger partial charge in [0.1, 0.15) is 6.10 Å². The summed E-state index contributed by atoms with van der Waals surface area (Å²) in [5, 5.41) is 23.7. The van der Waals surface area contributed by atoms with Crippen molar-refractivity contribution in [3.8, 4) is 0 Å². The molecule has 0 saturated carbocycles. The molecule has 0 rings (SSSR count). The number of aliphatic hydroxyl groups is 2. The lowest BCUT2D eigenvalue weighted by Crippen LogP contribution is -2.46. The summed E-state index contributed by atoms with van der Waals surface area (Å²) < 4.78 is 5.90. The van der Waals surface area contributed by atoms with Gasteiger partial charge in [-0.15, -0.1) is 0 Å².